The molecule has 0 N–H and O–H groups in total. The van der Waals surface area contributed by atoms with Crippen molar-refractivity contribution in [3.63, 3.8) is 0 Å². The Balaban J connectivity index is 0.00000243. The van der Waals surface area contributed by atoms with Crippen molar-refractivity contribution < 1.29 is 0 Å². The van der Waals surface area contributed by atoms with Crippen molar-refractivity contribution in [2.45, 2.75) is 45.2 Å². The zero-order valence-electron chi connectivity index (χ0n) is 15.9. The van der Waals surface area contributed by atoms with Crippen molar-refractivity contribution in [2.75, 3.05) is 26.2 Å². The van der Waals surface area contributed by atoms with Crippen molar-refractivity contribution in [1.29, 1.82) is 0 Å². The standard InChI is InChI=1S/C22H31N3.ClH/c1-2-25-17-7-11-22(25)19-24(18-21-12-14-23-15-13-21)16-6-10-20-8-4-3-5-9-20;/h3-5,8-9,12-15,22H,2,6-7,10-11,16-19H2,1H3;1H. The van der Waals surface area contributed by atoms with Gasteiger partial charge >= 0.3 is 0 Å². The molecule has 2 aromatic rings. The lowest BCUT2D eigenvalue weighted by Crippen LogP contribution is -2.40. The molecule has 1 saturated heterocycles. The van der Waals surface area contributed by atoms with E-state index in [0.29, 0.717) is 0 Å². The van der Waals surface area contributed by atoms with Crippen molar-refractivity contribution in [2.24, 2.45) is 0 Å². The third-order valence-electron chi connectivity index (χ3n) is 5.31. The number of hydrogen-bond acceptors (Lipinski definition) is 3. The minimum Gasteiger partial charge on any atom is -0.299 e. The highest BCUT2D eigenvalue weighted by atomic mass is 35.5. The molecular formula is C22H32ClN3. The zero-order chi connectivity index (χ0) is 17.3. The molecule has 1 aliphatic rings. The first-order valence-electron chi connectivity index (χ1n) is 9.74. The smallest absolute Gasteiger partial charge is 0.0271 e. The molecule has 1 aromatic heterocycles. The molecule has 2 heterocycles. The summed E-state index contributed by atoms with van der Waals surface area (Å²) in [5, 5.41) is 0. The minimum atomic E-state index is 0. The maximum Gasteiger partial charge on any atom is 0.0271 e. The Morgan fingerprint density at radius 2 is 1.85 bits per heavy atom. The summed E-state index contributed by atoms with van der Waals surface area (Å²) in [5.41, 5.74) is 2.82. The molecule has 0 aliphatic carbocycles. The van der Waals surface area contributed by atoms with E-state index in [1.165, 1.54) is 50.0 Å². The summed E-state index contributed by atoms with van der Waals surface area (Å²) < 4.78 is 0. The number of hydrogen-bond donors (Lipinski definition) is 0. The highest BCUT2D eigenvalue weighted by molar-refractivity contribution is 5.85. The fourth-order valence-electron chi connectivity index (χ4n) is 3.95. The lowest BCUT2D eigenvalue weighted by atomic mass is 10.1. The number of halogens is 1. The first-order chi connectivity index (χ1) is 12.3. The quantitative estimate of drug-likeness (QED) is 0.648. The van der Waals surface area contributed by atoms with Gasteiger partial charge in [-0.25, -0.2) is 0 Å². The van der Waals surface area contributed by atoms with Crippen LogP contribution in [0.5, 0.6) is 0 Å². The molecule has 3 nitrogen and oxygen atoms in total. The van der Waals surface area contributed by atoms with Gasteiger partial charge in [-0.15, -0.1) is 12.4 Å². The topological polar surface area (TPSA) is 19.4 Å². The molecule has 1 aliphatic heterocycles. The summed E-state index contributed by atoms with van der Waals surface area (Å²) in [7, 11) is 0. The summed E-state index contributed by atoms with van der Waals surface area (Å²) in [6.45, 7) is 8.12. The molecule has 0 bridgehead atoms. The first-order valence-corrected chi connectivity index (χ1v) is 9.74. The molecule has 142 valence electrons. The zero-order valence-corrected chi connectivity index (χ0v) is 16.7. The molecule has 1 unspecified atom stereocenters. The van der Waals surface area contributed by atoms with Gasteiger partial charge in [-0.05, 0) is 68.6 Å². The van der Waals surface area contributed by atoms with Crippen LogP contribution >= 0.6 is 12.4 Å². The normalized spacial score (nSPS) is 17.4. The van der Waals surface area contributed by atoms with Crippen LogP contribution in [-0.2, 0) is 13.0 Å². The summed E-state index contributed by atoms with van der Waals surface area (Å²) in [4.78, 5) is 9.46. The molecule has 0 saturated carbocycles. The average Bonchev–Trinajstić information content (AvgIpc) is 3.10. The second-order valence-electron chi connectivity index (χ2n) is 7.10. The third kappa shape index (κ3) is 6.39. The highest BCUT2D eigenvalue weighted by Crippen LogP contribution is 2.19. The van der Waals surface area contributed by atoms with E-state index in [-0.39, 0.29) is 12.4 Å². The maximum atomic E-state index is 4.16. The Morgan fingerprint density at radius 1 is 1.08 bits per heavy atom. The Kier molecular flexibility index (Phi) is 9.10. The molecule has 1 atom stereocenters. The van der Waals surface area contributed by atoms with Gasteiger partial charge in [0.25, 0.3) is 0 Å². The van der Waals surface area contributed by atoms with Crippen LogP contribution in [0.2, 0.25) is 0 Å². The second kappa shape index (κ2) is 11.3. The molecule has 1 aromatic carbocycles. The number of rotatable bonds is 9. The van der Waals surface area contributed by atoms with Gasteiger partial charge in [0.1, 0.15) is 0 Å². The van der Waals surface area contributed by atoms with E-state index in [4.69, 9.17) is 0 Å². The summed E-state index contributed by atoms with van der Waals surface area (Å²) >= 11 is 0. The average molecular weight is 374 g/mol. The SMILES string of the molecule is CCN1CCCC1CN(CCCc1ccccc1)Cc1ccncc1.Cl. The third-order valence-corrected chi connectivity index (χ3v) is 5.31. The predicted molar refractivity (Wildman–Crippen MR) is 112 cm³/mol. The Labute approximate surface area is 164 Å². The van der Waals surface area contributed by atoms with Crippen LogP contribution in [0.1, 0.15) is 37.3 Å². The molecule has 3 rings (SSSR count). The number of pyridine rings is 1. The van der Waals surface area contributed by atoms with Gasteiger partial charge < -0.3 is 0 Å². The van der Waals surface area contributed by atoms with Gasteiger partial charge in [0.05, 0.1) is 0 Å². The van der Waals surface area contributed by atoms with Crippen LogP contribution in [-0.4, -0.2) is 47.0 Å². The molecule has 0 amide bonds. The Bertz CT molecular complexity index is 605. The lowest BCUT2D eigenvalue weighted by molar-refractivity contribution is 0.170. The van der Waals surface area contributed by atoms with Crippen LogP contribution in [0, 0.1) is 0 Å². The number of benzene rings is 1. The monoisotopic (exact) mass is 373 g/mol. The van der Waals surface area contributed by atoms with Gasteiger partial charge in [0.2, 0.25) is 0 Å². The fraction of sp³-hybridized carbons (Fsp3) is 0.500. The fourth-order valence-corrected chi connectivity index (χ4v) is 3.95. The van der Waals surface area contributed by atoms with Gasteiger partial charge in [-0.3, -0.25) is 14.8 Å². The molecule has 0 spiro atoms. The van der Waals surface area contributed by atoms with E-state index in [1.54, 1.807) is 0 Å². The van der Waals surface area contributed by atoms with E-state index in [2.05, 4.69) is 64.2 Å². The van der Waals surface area contributed by atoms with Crippen molar-refractivity contribution in [3.8, 4) is 0 Å². The van der Waals surface area contributed by atoms with Gasteiger partial charge in [-0.1, -0.05) is 37.3 Å². The van der Waals surface area contributed by atoms with E-state index >= 15 is 0 Å². The second-order valence-corrected chi connectivity index (χ2v) is 7.10. The molecule has 4 heteroatoms. The first kappa shape index (κ1) is 20.9. The predicted octanol–water partition coefficient (Wildman–Crippen LogP) is 4.42. The van der Waals surface area contributed by atoms with E-state index in [9.17, 15) is 0 Å². The summed E-state index contributed by atoms with van der Waals surface area (Å²) in [6.07, 6.45) is 8.89. The Morgan fingerprint density at radius 3 is 2.58 bits per heavy atom. The minimum absolute atomic E-state index is 0. The number of likely N-dealkylation sites (tertiary alicyclic amines) is 1. The molecule has 1 fully saturated rings. The maximum absolute atomic E-state index is 4.16. The lowest BCUT2D eigenvalue weighted by Gasteiger charge is -2.30. The van der Waals surface area contributed by atoms with E-state index in [1.807, 2.05) is 12.4 Å². The number of nitrogens with zero attached hydrogens (tertiary/aromatic N) is 3. The van der Waals surface area contributed by atoms with Crippen LogP contribution in [0.3, 0.4) is 0 Å². The Hall–Kier alpha value is -1.42. The number of aromatic nitrogens is 1. The van der Waals surface area contributed by atoms with Crippen LogP contribution in [0.15, 0.2) is 54.9 Å². The van der Waals surface area contributed by atoms with Crippen LogP contribution in [0.4, 0.5) is 0 Å². The largest absolute Gasteiger partial charge is 0.299 e. The summed E-state index contributed by atoms with van der Waals surface area (Å²) in [5.74, 6) is 0. The van der Waals surface area contributed by atoms with Crippen LogP contribution in [0.25, 0.3) is 0 Å². The molecule has 26 heavy (non-hydrogen) atoms. The molecule has 0 radical (unpaired) electrons. The van der Waals surface area contributed by atoms with Crippen LogP contribution < -0.4 is 0 Å². The van der Waals surface area contributed by atoms with Gasteiger partial charge in [0, 0.05) is 31.5 Å². The highest BCUT2D eigenvalue weighted by Gasteiger charge is 2.24. The summed E-state index contributed by atoms with van der Waals surface area (Å²) in [6, 6.07) is 15.9. The van der Waals surface area contributed by atoms with Gasteiger partial charge in [-0.2, -0.15) is 0 Å². The molecular weight excluding hydrogens is 342 g/mol. The van der Waals surface area contributed by atoms with Crippen molar-refractivity contribution >= 4 is 12.4 Å². The van der Waals surface area contributed by atoms with Crippen molar-refractivity contribution in [3.05, 3.63) is 66.0 Å². The van der Waals surface area contributed by atoms with Crippen molar-refractivity contribution in [1.82, 2.24) is 14.8 Å². The number of aryl methyl sites for hydroxylation is 1. The van der Waals surface area contributed by atoms with Gasteiger partial charge in [0.15, 0.2) is 0 Å². The van der Waals surface area contributed by atoms with E-state index < -0.39 is 0 Å². The number of likely N-dealkylation sites (N-methyl/N-ethyl adjacent to an activating group) is 1. The van der Waals surface area contributed by atoms with E-state index in [0.717, 1.165) is 25.6 Å².